The first-order valence-corrected chi connectivity index (χ1v) is 10.9. The highest BCUT2D eigenvalue weighted by molar-refractivity contribution is 7.18. The summed E-state index contributed by atoms with van der Waals surface area (Å²) in [4.78, 5) is 22.4. The molecule has 4 aromatic heterocycles. The molecule has 32 heavy (non-hydrogen) atoms. The Morgan fingerprint density at radius 2 is 1.97 bits per heavy atom. The van der Waals surface area contributed by atoms with Crippen molar-refractivity contribution < 1.29 is 8.81 Å². The van der Waals surface area contributed by atoms with Gasteiger partial charge in [0.1, 0.15) is 28.2 Å². The lowest BCUT2D eigenvalue weighted by Gasteiger charge is -2.05. The second-order valence-corrected chi connectivity index (χ2v) is 7.85. The summed E-state index contributed by atoms with van der Waals surface area (Å²) in [6, 6.07) is 2.94. The molecule has 4 heterocycles. The van der Waals surface area contributed by atoms with Crippen LogP contribution in [0.2, 0.25) is 0 Å². The SMILES string of the molecule is C=Cc1nc(CCNCCc2nc3c(NCc4ncccc4F)ncnc3s2)oc1C=C. The summed E-state index contributed by atoms with van der Waals surface area (Å²) in [7, 11) is 0. The first-order chi connectivity index (χ1) is 15.7. The Bertz CT molecular complexity index is 1210. The minimum atomic E-state index is -0.360. The molecule has 0 aliphatic carbocycles. The van der Waals surface area contributed by atoms with Crippen LogP contribution in [0.3, 0.4) is 0 Å². The van der Waals surface area contributed by atoms with Crippen molar-refractivity contribution in [3.8, 4) is 0 Å². The van der Waals surface area contributed by atoms with Crippen LogP contribution in [0, 0.1) is 5.82 Å². The maximum Gasteiger partial charge on any atom is 0.196 e. The van der Waals surface area contributed by atoms with Gasteiger partial charge in [-0.2, -0.15) is 0 Å². The largest absolute Gasteiger partial charge is 0.441 e. The Morgan fingerprint density at radius 1 is 1.09 bits per heavy atom. The molecule has 0 atom stereocenters. The van der Waals surface area contributed by atoms with Crippen molar-refractivity contribution >= 4 is 39.7 Å². The number of rotatable bonds is 11. The predicted octanol–water partition coefficient (Wildman–Crippen LogP) is 3.88. The number of hydrogen-bond acceptors (Lipinski definition) is 9. The fourth-order valence-corrected chi connectivity index (χ4v) is 3.96. The summed E-state index contributed by atoms with van der Waals surface area (Å²) in [5.41, 5.74) is 1.71. The fraction of sp³-hybridized carbons (Fsp3) is 0.227. The third kappa shape index (κ3) is 5.04. The number of hydrogen-bond donors (Lipinski definition) is 2. The van der Waals surface area contributed by atoms with Crippen molar-refractivity contribution in [2.75, 3.05) is 18.4 Å². The Labute approximate surface area is 188 Å². The van der Waals surface area contributed by atoms with Crippen molar-refractivity contribution in [2.45, 2.75) is 19.4 Å². The van der Waals surface area contributed by atoms with Gasteiger partial charge in [-0.05, 0) is 24.3 Å². The zero-order valence-electron chi connectivity index (χ0n) is 17.3. The van der Waals surface area contributed by atoms with Crippen molar-refractivity contribution in [3.63, 3.8) is 0 Å². The summed E-state index contributed by atoms with van der Waals surface area (Å²) in [6.07, 6.45) is 7.73. The monoisotopic (exact) mass is 451 g/mol. The lowest BCUT2D eigenvalue weighted by Crippen LogP contribution is -2.20. The van der Waals surface area contributed by atoms with Crippen LogP contribution in [0.25, 0.3) is 22.5 Å². The van der Waals surface area contributed by atoms with E-state index in [0.717, 1.165) is 29.3 Å². The van der Waals surface area contributed by atoms with Gasteiger partial charge in [-0.15, -0.1) is 0 Å². The van der Waals surface area contributed by atoms with Gasteiger partial charge >= 0.3 is 0 Å². The summed E-state index contributed by atoms with van der Waals surface area (Å²) in [6.45, 7) is 9.13. The highest BCUT2D eigenvalue weighted by Gasteiger charge is 2.12. The van der Waals surface area contributed by atoms with Crippen LogP contribution >= 0.6 is 11.3 Å². The normalized spacial score (nSPS) is 11.0. The van der Waals surface area contributed by atoms with E-state index < -0.39 is 0 Å². The maximum absolute atomic E-state index is 13.8. The molecule has 0 unspecified atom stereocenters. The van der Waals surface area contributed by atoms with Gasteiger partial charge in [0.15, 0.2) is 17.5 Å². The minimum Gasteiger partial charge on any atom is -0.441 e. The van der Waals surface area contributed by atoms with Gasteiger partial charge in [0, 0.05) is 32.1 Å². The average Bonchev–Trinajstić information content (AvgIpc) is 3.41. The number of nitrogens with one attached hydrogen (secondary N) is 2. The number of oxazole rings is 1. The molecule has 10 heteroatoms. The van der Waals surface area contributed by atoms with Crippen molar-refractivity contribution in [3.05, 3.63) is 71.7 Å². The van der Waals surface area contributed by atoms with Crippen LogP contribution in [0.5, 0.6) is 0 Å². The van der Waals surface area contributed by atoms with E-state index in [1.807, 2.05) is 0 Å². The summed E-state index contributed by atoms with van der Waals surface area (Å²) >= 11 is 1.52. The van der Waals surface area contributed by atoms with Crippen LogP contribution in [0.4, 0.5) is 10.2 Å². The molecule has 8 nitrogen and oxygen atoms in total. The molecular formula is C22H22FN7OS. The number of nitrogens with zero attached hydrogens (tertiary/aromatic N) is 5. The Morgan fingerprint density at radius 3 is 2.75 bits per heavy atom. The van der Waals surface area contributed by atoms with Gasteiger partial charge in [-0.25, -0.2) is 24.3 Å². The van der Waals surface area contributed by atoms with Crippen molar-refractivity contribution in [2.24, 2.45) is 0 Å². The third-order valence-electron chi connectivity index (χ3n) is 4.63. The molecule has 0 saturated carbocycles. The molecule has 0 aliphatic rings. The van der Waals surface area contributed by atoms with Gasteiger partial charge in [-0.3, -0.25) is 4.98 Å². The highest BCUT2D eigenvalue weighted by atomic mass is 32.1. The molecular weight excluding hydrogens is 429 g/mol. The standard InChI is InChI=1S/C22H22FN7OS/c1-3-15-17(4-2)31-18(29-15)7-10-24-11-8-19-30-20-21(27-13-28-22(20)32-19)26-12-16-14(23)6-5-9-25-16/h3-6,9,13,24H,1-2,7-8,10-12H2,(H,26,27,28). The molecule has 0 fully saturated rings. The second kappa shape index (κ2) is 10.2. The molecule has 0 amide bonds. The van der Waals surface area contributed by atoms with Crippen molar-refractivity contribution in [1.82, 2.24) is 30.2 Å². The van der Waals surface area contributed by atoms with Crippen LogP contribution in [-0.2, 0) is 19.4 Å². The number of thiazole rings is 1. The van der Waals surface area contributed by atoms with Crippen molar-refractivity contribution in [1.29, 1.82) is 0 Å². The molecule has 0 bridgehead atoms. The third-order valence-corrected chi connectivity index (χ3v) is 5.66. The minimum absolute atomic E-state index is 0.217. The maximum atomic E-state index is 13.8. The Kier molecular flexibility index (Phi) is 6.93. The van der Waals surface area contributed by atoms with E-state index in [4.69, 9.17) is 4.42 Å². The molecule has 4 aromatic rings. The van der Waals surface area contributed by atoms with Gasteiger partial charge in [0.05, 0.1) is 17.2 Å². The van der Waals surface area contributed by atoms with E-state index in [9.17, 15) is 4.39 Å². The topological polar surface area (TPSA) is 102 Å². The van der Waals surface area contributed by atoms with E-state index in [0.29, 0.717) is 40.8 Å². The fourth-order valence-electron chi connectivity index (χ4n) is 3.06. The summed E-state index contributed by atoms with van der Waals surface area (Å²) in [5.74, 6) is 1.50. The number of aromatic nitrogens is 5. The van der Waals surface area contributed by atoms with Gasteiger partial charge < -0.3 is 15.1 Å². The van der Waals surface area contributed by atoms with Crippen LogP contribution < -0.4 is 10.6 Å². The van der Waals surface area contributed by atoms with E-state index in [1.165, 1.54) is 23.7 Å². The Hall–Kier alpha value is -3.50. The molecule has 2 N–H and O–H groups in total. The van der Waals surface area contributed by atoms with E-state index >= 15 is 0 Å². The van der Waals surface area contributed by atoms with Gasteiger partial charge in [-0.1, -0.05) is 24.5 Å². The Balaban J connectivity index is 1.31. The smallest absolute Gasteiger partial charge is 0.196 e. The average molecular weight is 452 g/mol. The number of halogens is 1. The molecule has 0 aliphatic heterocycles. The van der Waals surface area contributed by atoms with Crippen LogP contribution in [-0.4, -0.2) is 38.0 Å². The van der Waals surface area contributed by atoms with Crippen LogP contribution in [0.1, 0.15) is 28.0 Å². The zero-order chi connectivity index (χ0) is 22.3. The van der Waals surface area contributed by atoms with E-state index in [1.54, 1.807) is 24.4 Å². The summed E-state index contributed by atoms with van der Waals surface area (Å²) < 4.78 is 19.4. The molecule has 164 valence electrons. The molecule has 0 saturated heterocycles. The first kappa shape index (κ1) is 21.7. The first-order valence-electron chi connectivity index (χ1n) is 10.1. The quantitative estimate of drug-likeness (QED) is 0.331. The molecule has 4 rings (SSSR count). The van der Waals surface area contributed by atoms with Crippen LogP contribution in [0.15, 0.2) is 42.2 Å². The number of fused-ring (bicyclic) bond motifs is 1. The van der Waals surface area contributed by atoms with E-state index in [2.05, 4.69) is 48.7 Å². The summed E-state index contributed by atoms with van der Waals surface area (Å²) in [5, 5.41) is 7.43. The van der Waals surface area contributed by atoms with E-state index in [-0.39, 0.29) is 12.4 Å². The molecule has 0 spiro atoms. The van der Waals surface area contributed by atoms with Gasteiger partial charge in [0.25, 0.3) is 0 Å². The highest BCUT2D eigenvalue weighted by Crippen LogP contribution is 2.25. The van der Waals surface area contributed by atoms with Gasteiger partial charge in [0.2, 0.25) is 0 Å². The predicted molar refractivity (Wildman–Crippen MR) is 124 cm³/mol. The zero-order valence-corrected chi connectivity index (χ0v) is 18.2. The lowest BCUT2D eigenvalue weighted by atomic mass is 10.3. The molecule has 0 radical (unpaired) electrons. The number of anilines is 1. The second-order valence-electron chi connectivity index (χ2n) is 6.78. The lowest BCUT2D eigenvalue weighted by molar-refractivity contribution is 0.478. The number of pyridine rings is 1. The molecule has 0 aromatic carbocycles.